The lowest BCUT2D eigenvalue weighted by Gasteiger charge is -2.40. The van der Waals surface area contributed by atoms with Crippen molar-refractivity contribution in [3.63, 3.8) is 0 Å². The average molecular weight is 767 g/mol. The third kappa shape index (κ3) is 5.26. The lowest BCUT2D eigenvalue weighted by atomic mass is 9.65. The quantitative estimate of drug-likeness (QED) is 0.175. The third-order valence-corrected chi connectivity index (χ3v) is 12.1. The molecule has 5 heteroatoms. The van der Waals surface area contributed by atoms with Gasteiger partial charge >= 0.3 is 0 Å². The van der Waals surface area contributed by atoms with Gasteiger partial charge < -0.3 is 4.74 Å². The van der Waals surface area contributed by atoms with Gasteiger partial charge in [-0.1, -0.05) is 164 Å². The van der Waals surface area contributed by atoms with E-state index >= 15 is 0 Å². The zero-order valence-electron chi connectivity index (χ0n) is 32.3. The molecular weight excluding hydrogens is 733 g/mol. The van der Waals surface area contributed by atoms with Crippen molar-refractivity contribution < 1.29 is 4.74 Å². The Morgan fingerprint density at radius 2 is 0.833 bits per heavy atom. The standard InChI is InChI=1S/C55H34N4O/c1-3-12-37(13-4-1)52-57-53(38-14-5-2-6-15-38)59-54(58-52)39-24-22-35(23-25-39)40-26-28-50-48(32-40)55(46-20-9-7-17-43(46)44-18-8-10-21-47(44)55)49-33-41(27-29-51(49)60-50)42-19-11-16-36-30-31-56-34-45(36)42/h1-34H. The van der Waals surface area contributed by atoms with Crippen LogP contribution in [0.4, 0.5) is 0 Å². The van der Waals surface area contributed by atoms with Gasteiger partial charge in [0.2, 0.25) is 0 Å². The third-order valence-electron chi connectivity index (χ3n) is 12.1. The Morgan fingerprint density at radius 1 is 0.350 bits per heavy atom. The van der Waals surface area contributed by atoms with E-state index in [2.05, 4.69) is 138 Å². The molecule has 12 rings (SSSR count). The second-order valence-corrected chi connectivity index (χ2v) is 15.4. The van der Waals surface area contributed by atoms with Crippen molar-refractivity contribution in [1.82, 2.24) is 19.9 Å². The first-order chi connectivity index (χ1) is 29.7. The SMILES string of the molecule is c1ccc(-c2nc(-c3ccccc3)nc(-c3ccc(-c4ccc5c(c4)C4(c6cc(-c7cccc8ccncc78)ccc6O5)c5ccccc5-c5ccccc54)cc3)n2)cc1. The Morgan fingerprint density at radius 3 is 1.45 bits per heavy atom. The molecule has 0 bridgehead atoms. The van der Waals surface area contributed by atoms with Crippen molar-refractivity contribution in [2.24, 2.45) is 0 Å². The van der Waals surface area contributed by atoms with E-state index < -0.39 is 5.41 Å². The summed E-state index contributed by atoms with van der Waals surface area (Å²) in [4.78, 5) is 19.3. The maximum absolute atomic E-state index is 6.90. The molecular formula is C55H34N4O. The van der Waals surface area contributed by atoms with Crippen LogP contribution in [0.2, 0.25) is 0 Å². The van der Waals surface area contributed by atoms with Crippen molar-refractivity contribution in [1.29, 1.82) is 0 Å². The largest absolute Gasteiger partial charge is 0.457 e. The number of hydrogen-bond donors (Lipinski definition) is 0. The van der Waals surface area contributed by atoms with E-state index in [9.17, 15) is 0 Å². The van der Waals surface area contributed by atoms with Crippen LogP contribution >= 0.6 is 0 Å². The molecule has 0 fully saturated rings. The monoisotopic (exact) mass is 766 g/mol. The van der Waals surface area contributed by atoms with Crippen LogP contribution in [-0.2, 0) is 5.41 Å². The minimum absolute atomic E-state index is 0.626. The molecule has 0 radical (unpaired) electrons. The number of hydrogen-bond acceptors (Lipinski definition) is 5. The fourth-order valence-corrected chi connectivity index (χ4v) is 9.36. The van der Waals surface area contributed by atoms with E-state index in [0.717, 1.165) is 72.3 Å². The highest BCUT2D eigenvalue weighted by atomic mass is 16.5. The second kappa shape index (κ2) is 13.5. The molecule has 280 valence electrons. The molecule has 5 nitrogen and oxygen atoms in total. The zero-order valence-corrected chi connectivity index (χ0v) is 32.3. The van der Waals surface area contributed by atoms with Gasteiger partial charge in [0.05, 0.1) is 5.41 Å². The fraction of sp³-hybridized carbons (Fsp3) is 0.0182. The van der Waals surface area contributed by atoms with Crippen LogP contribution in [0, 0.1) is 0 Å². The minimum Gasteiger partial charge on any atom is -0.457 e. The zero-order chi connectivity index (χ0) is 39.6. The van der Waals surface area contributed by atoms with E-state index in [0.29, 0.717) is 17.5 Å². The van der Waals surface area contributed by atoms with E-state index in [1.807, 2.05) is 73.1 Å². The van der Waals surface area contributed by atoms with E-state index in [4.69, 9.17) is 19.7 Å². The van der Waals surface area contributed by atoms with Crippen LogP contribution in [-0.4, -0.2) is 19.9 Å². The van der Waals surface area contributed by atoms with Gasteiger partial charge in [-0.3, -0.25) is 4.98 Å². The number of fused-ring (bicyclic) bond motifs is 10. The van der Waals surface area contributed by atoms with Crippen LogP contribution in [0.3, 0.4) is 0 Å². The van der Waals surface area contributed by atoms with Gasteiger partial charge in [-0.25, -0.2) is 15.0 Å². The Bertz CT molecular complexity index is 3180. The summed E-state index contributed by atoms with van der Waals surface area (Å²) in [5.74, 6) is 3.61. The molecule has 60 heavy (non-hydrogen) atoms. The summed E-state index contributed by atoms with van der Waals surface area (Å²) in [7, 11) is 0. The van der Waals surface area contributed by atoms with Gasteiger partial charge in [0.1, 0.15) is 11.5 Å². The molecule has 0 amide bonds. The fourth-order valence-electron chi connectivity index (χ4n) is 9.36. The van der Waals surface area contributed by atoms with Crippen LogP contribution in [0.1, 0.15) is 22.3 Å². The van der Waals surface area contributed by atoms with E-state index in [-0.39, 0.29) is 0 Å². The summed E-state index contributed by atoms with van der Waals surface area (Å²) in [6.07, 6.45) is 3.82. The van der Waals surface area contributed by atoms with Gasteiger partial charge in [-0.2, -0.15) is 0 Å². The highest BCUT2D eigenvalue weighted by Gasteiger charge is 2.51. The first-order valence-corrected chi connectivity index (χ1v) is 20.2. The number of benzene rings is 8. The summed E-state index contributed by atoms with van der Waals surface area (Å²) in [6, 6.07) is 68.3. The Balaban J connectivity index is 1.02. The van der Waals surface area contributed by atoms with E-state index in [1.165, 1.54) is 22.3 Å². The predicted octanol–water partition coefficient (Wildman–Crippen LogP) is 13.2. The highest BCUT2D eigenvalue weighted by molar-refractivity contribution is 5.97. The molecule has 8 aromatic carbocycles. The van der Waals surface area contributed by atoms with Crippen molar-refractivity contribution in [3.8, 4) is 79.0 Å². The van der Waals surface area contributed by atoms with Crippen molar-refractivity contribution in [2.75, 3.05) is 0 Å². The smallest absolute Gasteiger partial charge is 0.164 e. The summed E-state index contributed by atoms with van der Waals surface area (Å²) < 4.78 is 6.90. The number of pyridine rings is 1. The molecule has 0 N–H and O–H groups in total. The van der Waals surface area contributed by atoms with Gasteiger partial charge in [0.15, 0.2) is 17.5 Å². The van der Waals surface area contributed by atoms with E-state index in [1.54, 1.807) is 0 Å². The molecule has 0 atom stereocenters. The molecule has 0 saturated heterocycles. The summed E-state index contributed by atoms with van der Waals surface area (Å²) in [5, 5.41) is 2.28. The molecule has 2 aliphatic rings. The summed E-state index contributed by atoms with van der Waals surface area (Å²) in [6.45, 7) is 0. The predicted molar refractivity (Wildman–Crippen MR) is 240 cm³/mol. The lowest BCUT2D eigenvalue weighted by Crippen LogP contribution is -2.32. The number of ether oxygens (including phenoxy) is 1. The Kier molecular flexibility index (Phi) is 7.69. The van der Waals surface area contributed by atoms with Crippen LogP contribution in [0.15, 0.2) is 207 Å². The molecule has 3 heterocycles. The van der Waals surface area contributed by atoms with Crippen LogP contribution in [0.5, 0.6) is 11.5 Å². The molecule has 1 aliphatic heterocycles. The molecule has 0 unspecified atom stereocenters. The first-order valence-electron chi connectivity index (χ1n) is 20.2. The maximum Gasteiger partial charge on any atom is 0.164 e. The van der Waals surface area contributed by atoms with Gasteiger partial charge in [0, 0.05) is 45.6 Å². The minimum atomic E-state index is -0.628. The molecule has 1 aliphatic carbocycles. The number of aromatic nitrogens is 4. The lowest BCUT2D eigenvalue weighted by molar-refractivity contribution is 0.436. The topological polar surface area (TPSA) is 60.8 Å². The Hall–Kier alpha value is -8.02. The second-order valence-electron chi connectivity index (χ2n) is 15.4. The van der Waals surface area contributed by atoms with Crippen molar-refractivity contribution in [3.05, 3.63) is 229 Å². The first kappa shape index (κ1) is 34.1. The van der Waals surface area contributed by atoms with Crippen LogP contribution < -0.4 is 4.74 Å². The maximum atomic E-state index is 6.90. The number of nitrogens with zero attached hydrogens (tertiary/aromatic N) is 4. The van der Waals surface area contributed by atoms with Gasteiger partial charge in [-0.15, -0.1) is 0 Å². The summed E-state index contributed by atoms with van der Waals surface area (Å²) >= 11 is 0. The average Bonchev–Trinajstić information content (AvgIpc) is 3.62. The Labute approximate surface area is 347 Å². The summed E-state index contributed by atoms with van der Waals surface area (Å²) in [5.41, 5.74) is 13.8. The molecule has 10 aromatic rings. The molecule has 0 saturated carbocycles. The van der Waals surface area contributed by atoms with Gasteiger partial charge in [-0.05, 0) is 80.2 Å². The normalized spacial score (nSPS) is 12.9. The van der Waals surface area contributed by atoms with Crippen LogP contribution in [0.25, 0.3) is 78.3 Å². The molecule has 2 aromatic heterocycles. The highest BCUT2D eigenvalue weighted by Crippen LogP contribution is 2.62. The van der Waals surface area contributed by atoms with Crippen molar-refractivity contribution in [2.45, 2.75) is 5.41 Å². The van der Waals surface area contributed by atoms with Crippen molar-refractivity contribution >= 4 is 10.8 Å². The number of rotatable bonds is 5. The van der Waals surface area contributed by atoms with Gasteiger partial charge in [0.25, 0.3) is 0 Å². The molecule has 1 spiro atoms.